The molecule has 6 rings (SSSR count). The lowest BCUT2D eigenvalue weighted by Crippen LogP contribution is -2.29. The van der Waals surface area contributed by atoms with Gasteiger partial charge < -0.3 is 4.90 Å². The molecule has 0 radical (unpaired) electrons. The molecule has 0 bridgehead atoms. The molecular weight excluding hydrogens is 432 g/mol. The predicted octanol–water partition coefficient (Wildman–Crippen LogP) is 6.32. The topological polar surface area (TPSA) is 58.7 Å². The first-order chi connectivity index (χ1) is 17.2. The van der Waals surface area contributed by atoms with Crippen LogP contribution in [-0.4, -0.2) is 39.4 Å². The number of aromatic nitrogens is 3. The molecule has 3 aromatic carbocycles. The van der Waals surface area contributed by atoms with Crippen molar-refractivity contribution in [3.8, 4) is 0 Å². The van der Waals surface area contributed by atoms with Crippen LogP contribution in [0.15, 0.2) is 76.8 Å². The van der Waals surface area contributed by atoms with Crippen LogP contribution >= 0.6 is 0 Å². The molecule has 0 aliphatic carbocycles. The summed E-state index contributed by atoms with van der Waals surface area (Å²) in [4.78, 5) is 14.1. The molecule has 1 aromatic heterocycles. The standard InChI is InChI=1S/C29H30N6/c1-3-20(2)28-31-29-27(30-24-13-15-25(16-14-24)34-17-7-4-8-18-34)26(32-35(29)33-28)23-12-11-21-9-5-6-10-22(21)19-23/h5-6,9-16,19-20H,3-4,7-8,17-18H2,1-2H3/b30-27-. The van der Waals surface area contributed by atoms with Crippen LogP contribution in [0.5, 0.6) is 0 Å². The molecule has 6 heteroatoms. The Kier molecular flexibility index (Phi) is 5.64. The van der Waals surface area contributed by atoms with Gasteiger partial charge in [0.25, 0.3) is 0 Å². The number of rotatable bonds is 5. The molecule has 6 nitrogen and oxygen atoms in total. The van der Waals surface area contributed by atoms with Gasteiger partial charge in [-0.3, -0.25) is 0 Å². The highest BCUT2D eigenvalue weighted by molar-refractivity contribution is 6.54. The second-order valence-corrected chi connectivity index (χ2v) is 9.53. The van der Waals surface area contributed by atoms with Crippen molar-refractivity contribution in [2.75, 3.05) is 18.0 Å². The minimum Gasteiger partial charge on any atom is -0.372 e. The maximum absolute atomic E-state index is 5.07. The molecule has 0 amide bonds. The van der Waals surface area contributed by atoms with Crippen LogP contribution in [0.2, 0.25) is 0 Å². The molecule has 0 N–H and O–H groups in total. The Hall–Kier alpha value is -3.80. The first kappa shape index (κ1) is 21.7. The van der Waals surface area contributed by atoms with Gasteiger partial charge in [-0.1, -0.05) is 50.2 Å². The zero-order chi connectivity index (χ0) is 23.8. The van der Waals surface area contributed by atoms with Crippen molar-refractivity contribution >= 4 is 33.6 Å². The number of piperidine rings is 1. The quantitative estimate of drug-likeness (QED) is 0.349. The summed E-state index contributed by atoms with van der Waals surface area (Å²) in [5, 5.41) is 11.9. The van der Waals surface area contributed by atoms with E-state index in [1.165, 1.54) is 35.7 Å². The van der Waals surface area contributed by atoms with Gasteiger partial charge in [-0.05, 0) is 66.8 Å². The van der Waals surface area contributed by atoms with Crippen molar-refractivity contribution < 1.29 is 0 Å². The third kappa shape index (κ3) is 4.14. The van der Waals surface area contributed by atoms with E-state index in [0.717, 1.165) is 48.0 Å². The number of aliphatic imine (C=N–C) groups is 1. The van der Waals surface area contributed by atoms with E-state index in [1.54, 1.807) is 4.79 Å². The SMILES string of the molecule is CCC(C)c1nc2n(n1)N=C(c1ccc3ccccc3c1)/C2=N/c1ccc(N2CCCCC2)cc1. The molecular formula is C29H30N6. The summed E-state index contributed by atoms with van der Waals surface area (Å²) >= 11 is 0. The van der Waals surface area contributed by atoms with E-state index in [-0.39, 0.29) is 5.92 Å². The van der Waals surface area contributed by atoms with Crippen LogP contribution in [0.3, 0.4) is 0 Å². The predicted molar refractivity (Wildman–Crippen MR) is 143 cm³/mol. The van der Waals surface area contributed by atoms with Gasteiger partial charge in [0, 0.05) is 30.3 Å². The zero-order valence-electron chi connectivity index (χ0n) is 20.4. The monoisotopic (exact) mass is 462 g/mol. The molecule has 4 aromatic rings. The molecule has 35 heavy (non-hydrogen) atoms. The summed E-state index contributed by atoms with van der Waals surface area (Å²) < 4.78 is 0. The highest BCUT2D eigenvalue weighted by Gasteiger charge is 2.29. The summed E-state index contributed by atoms with van der Waals surface area (Å²) in [6.07, 6.45) is 4.85. The van der Waals surface area contributed by atoms with Crippen LogP contribution in [0, 0.1) is 0 Å². The Bertz CT molecular complexity index is 1420. The highest BCUT2D eigenvalue weighted by Crippen LogP contribution is 2.27. The summed E-state index contributed by atoms with van der Waals surface area (Å²) in [5.41, 5.74) is 4.76. The zero-order valence-corrected chi connectivity index (χ0v) is 20.4. The minimum absolute atomic E-state index is 0.275. The van der Waals surface area contributed by atoms with Crippen molar-refractivity contribution in [2.45, 2.75) is 45.4 Å². The summed E-state index contributed by atoms with van der Waals surface area (Å²) in [7, 11) is 0. The smallest absolute Gasteiger partial charge is 0.204 e. The fraction of sp³-hybridized carbons (Fsp3) is 0.310. The lowest BCUT2D eigenvalue weighted by molar-refractivity contribution is 0.578. The van der Waals surface area contributed by atoms with E-state index >= 15 is 0 Å². The molecule has 3 heterocycles. The van der Waals surface area contributed by atoms with Crippen LogP contribution < -0.4 is 4.90 Å². The lowest BCUT2D eigenvalue weighted by Gasteiger charge is -2.28. The van der Waals surface area contributed by atoms with Crippen molar-refractivity contribution in [3.05, 3.63) is 83.9 Å². The van der Waals surface area contributed by atoms with Gasteiger partial charge in [0.15, 0.2) is 5.82 Å². The Morgan fingerprint density at radius 3 is 2.46 bits per heavy atom. The third-order valence-corrected chi connectivity index (χ3v) is 7.13. The van der Waals surface area contributed by atoms with Crippen LogP contribution in [0.4, 0.5) is 11.4 Å². The molecule has 1 unspecified atom stereocenters. The van der Waals surface area contributed by atoms with Gasteiger partial charge in [0.1, 0.15) is 11.4 Å². The van der Waals surface area contributed by atoms with Crippen molar-refractivity contribution in [1.29, 1.82) is 0 Å². The molecule has 2 aliphatic heterocycles. The van der Waals surface area contributed by atoms with Gasteiger partial charge in [0.2, 0.25) is 5.82 Å². The third-order valence-electron chi connectivity index (χ3n) is 7.13. The van der Waals surface area contributed by atoms with E-state index < -0.39 is 0 Å². The van der Waals surface area contributed by atoms with Crippen molar-refractivity contribution in [2.24, 2.45) is 10.1 Å². The Labute approximate surface area is 206 Å². The van der Waals surface area contributed by atoms with Gasteiger partial charge in [-0.15, -0.1) is 15.0 Å². The van der Waals surface area contributed by atoms with Gasteiger partial charge in [0.05, 0.1) is 5.69 Å². The fourth-order valence-electron chi connectivity index (χ4n) is 4.83. The lowest BCUT2D eigenvalue weighted by atomic mass is 10.0. The summed E-state index contributed by atoms with van der Waals surface area (Å²) in [5.74, 6) is 1.80. The molecule has 2 aliphatic rings. The van der Waals surface area contributed by atoms with Crippen LogP contribution in [0.25, 0.3) is 10.8 Å². The average Bonchev–Trinajstić information content (AvgIpc) is 3.48. The number of fused-ring (bicyclic) bond motifs is 2. The Balaban J connectivity index is 1.40. The van der Waals surface area contributed by atoms with Gasteiger partial charge in [-0.2, -0.15) is 0 Å². The maximum Gasteiger partial charge on any atom is 0.204 e. The normalized spacial score (nSPS) is 17.6. The van der Waals surface area contributed by atoms with Crippen LogP contribution in [0.1, 0.15) is 62.7 Å². The molecule has 1 fully saturated rings. The Morgan fingerprint density at radius 2 is 1.69 bits per heavy atom. The van der Waals surface area contributed by atoms with Crippen molar-refractivity contribution in [3.63, 3.8) is 0 Å². The number of nitrogens with zero attached hydrogens (tertiary/aromatic N) is 6. The first-order valence-corrected chi connectivity index (χ1v) is 12.7. The second kappa shape index (κ2) is 9.10. The molecule has 1 saturated heterocycles. The van der Waals surface area contributed by atoms with E-state index in [1.807, 2.05) is 0 Å². The molecule has 1 atom stereocenters. The highest BCUT2D eigenvalue weighted by atomic mass is 15.6. The summed E-state index contributed by atoms with van der Waals surface area (Å²) in [6, 6.07) is 23.4. The number of anilines is 1. The van der Waals surface area contributed by atoms with Gasteiger partial charge in [-0.25, -0.2) is 9.98 Å². The van der Waals surface area contributed by atoms with Crippen molar-refractivity contribution in [1.82, 2.24) is 14.9 Å². The van der Waals surface area contributed by atoms with Crippen LogP contribution in [-0.2, 0) is 0 Å². The number of benzene rings is 3. The van der Waals surface area contributed by atoms with E-state index in [2.05, 4.69) is 85.5 Å². The number of hydrogen-bond acceptors (Lipinski definition) is 5. The average molecular weight is 463 g/mol. The van der Waals surface area contributed by atoms with E-state index in [0.29, 0.717) is 5.82 Å². The van der Waals surface area contributed by atoms with Gasteiger partial charge >= 0.3 is 0 Å². The molecule has 0 saturated carbocycles. The molecule has 0 spiro atoms. The van der Waals surface area contributed by atoms with E-state index in [9.17, 15) is 0 Å². The molecule has 176 valence electrons. The maximum atomic E-state index is 5.07. The van der Waals surface area contributed by atoms with E-state index in [4.69, 9.17) is 20.2 Å². The second-order valence-electron chi connectivity index (χ2n) is 9.53. The first-order valence-electron chi connectivity index (χ1n) is 12.7. The minimum atomic E-state index is 0.275. The Morgan fingerprint density at radius 1 is 0.914 bits per heavy atom. The summed E-state index contributed by atoms with van der Waals surface area (Å²) in [6.45, 7) is 6.57. The largest absolute Gasteiger partial charge is 0.372 e. The number of hydrogen-bond donors (Lipinski definition) is 0. The fourth-order valence-corrected chi connectivity index (χ4v) is 4.83.